The minimum absolute atomic E-state index is 0.256. The molecule has 1 aliphatic rings. The SMILES string of the molecule is CC=CC(=O)N(NC(=O)COc1ccc(Cl)cc1)C1CC(=O)N(c2ccc(C)cc2)C1=O. The summed E-state index contributed by atoms with van der Waals surface area (Å²) in [4.78, 5) is 51.7. The van der Waals surface area contributed by atoms with Crippen LogP contribution in [0, 0.1) is 6.92 Å². The van der Waals surface area contributed by atoms with Crippen molar-refractivity contribution in [3.63, 3.8) is 0 Å². The topological polar surface area (TPSA) is 96.0 Å². The minimum atomic E-state index is -1.17. The van der Waals surface area contributed by atoms with Gasteiger partial charge in [-0.2, -0.15) is 0 Å². The third-order valence-electron chi connectivity index (χ3n) is 4.70. The standard InChI is InChI=1S/C23H22ClN3O5/c1-3-4-21(29)27(25-20(28)14-32-18-11-7-16(24)8-12-18)19-13-22(30)26(23(19)31)17-9-5-15(2)6-10-17/h3-12,19H,13-14H2,1-2H3,(H,25,28). The van der Waals surface area contributed by atoms with Crippen LogP contribution in [-0.2, 0) is 19.2 Å². The quantitative estimate of drug-likeness (QED) is 0.410. The maximum atomic E-state index is 13.0. The molecule has 9 heteroatoms. The van der Waals surface area contributed by atoms with Crippen molar-refractivity contribution in [2.75, 3.05) is 11.5 Å². The lowest BCUT2D eigenvalue weighted by atomic mass is 10.2. The molecule has 0 aromatic heterocycles. The molecule has 1 heterocycles. The van der Waals surface area contributed by atoms with Crippen LogP contribution in [0.15, 0.2) is 60.7 Å². The number of hydrazine groups is 1. The highest BCUT2D eigenvalue weighted by Crippen LogP contribution is 2.25. The number of amides is 4. The maximum absolute atomic E-state index is 13.0. The minimum Gasteiger partial charge on any atom is -0.484 e. The highest BCUT2D eigenvalue weighted by atomic mass is 35.5. The number of allylic oxidation sites excluding steroid dienone is 1. The number of hydrogen-bond acceptors (Lipinski definition) is 5. The molecule has 0 radical (unpaired) electrons. The molecule has 2 aromatic rings. The molecule has 1 N–H and O–H groups in total. The fourth-order valence-electron chi connectivity index (χ4n) is 3.14. The number of ether oxygens (including phenoxy) is 1. The van der Waals surface area contributed by atoms with Crippen LogP contribution in [0.1, 0.15) is 18.9 Å². The van der Waals surface area contributed by atoms with Crippen molar-refractivity contribution in [1.29, 1.82) is 0 Å². The molecule has 0 spiro atoms. The molecule has 1 atom stereocenters. The fourth-order valence-corrected chi connectivity index (χ4v) is 3.26. The molecule has 3 rings (SSSR count). The first-order valence-corrected chi connectivity index (χ1v) is 10.2. The summed E-state index contributed by atoms with van der Waals surface area (Å²) in [7, 11) is 0. The molecule has 1 saturated heterocycles. The van der Waals surface area contributed by atoms with Crippen LogP contribution in [0.2, 0.25) is 5.02 Å². The number of nitrogens with one attached hydrogen (secondary N) is 1. The monoisotopic (exact) mass is 455 g/mol. The van der Waals surface area contributed by atoms with Crippen LogP contribution in [0.3, 0.4) is 0 Å². The number of carbonyl (C=O) groups excluding carboxylic acids is 4. The van der Waals surface area contributed by atoms with Crippen molar-refractivity contribution in [3.8, 4) is 5.75 Å². The predicted octanol–water partition coefficient (Wildman–Crippen LogP) is 2.80. The fraction of sp³-hybridized carbons (Fsp3) is 0.217. The van der Waals surface area contributed by atoms with Crippen molar-refractivity contribution in [2.45, 2.75) is 26.3 Å². The Morgan fingerprint density at radius 2 is 1.81 bits per heavy atom. The molecule has 1 fully saturated rings. The summed E-state index contributed by atoms with van der Waals surface area (Å²) >= 11 is 5.82. The Labute approximate surface area is 190 Å². The zero-order valence-corrected chi connectivity index (χ0v) is 18.3. The van der Waals surface area contributed by atoms with Gasteiger partial charge in [0, 0.05) is 11.1 Å². The number of nitrogens with zero attached hydrogens (tertiary/aromatic N) is 2. The van der Waals surface area contributed by atoms with E-state index in [1.54, 1.807) is 55.5 Å². The third-order valence-corrected chi connectivity index (χ3v) is 4.95. The number of hydrogen-bond donors (Lipinski definition) is 1. The smallest absolute Gasteiger partial charge is 0.276 e. The lowest BCUT2D eigenvalue weighted by Gasteiger charge is -2.26. The lowest BCUT2D eigenvalue weighted by molar-refractivity contribution is -0.144. The second kappa shape index (κ2) is 10.1. The first-order chi connectivity index (χ1) is 15.3. The van der Waals surface area contributed by atoms with Crippen molar-refractivity contribution < 1.29 is 23.9 Å². The second-order valence-electron chi connectivity index (χ2n) is 7.11. The second-order valence-corrected chi connectivity index (χ2v) is 7.55. The van der Waals surface area contributed by atoms with E-state index >= 15 is 0 Å². The van der Waals surface area contributed by atoms with Crippen LogP contribution in [-0.4, -0.2) is 41.3 Å². The molecule has 1 aliphatic heterocycles. The number of rotatable bonds is 6. The van der Waals surface area contributed by atoms with Gasteiger partial charge in [0.15, 0.2) is 6.61 Å². The first kappa shape index (κ1) is 23.0. The Morgan fingerprint density at radius 1 is 1.16 bits per heavy atom. The first-order valence-electron chi connectivity index (χ1n) is 9.87. The Hall–Kier alpha value is -3.65. The number of carbonyl (C=O) groups is 4. The Balaban J connectivity index is 1.74. The summed E-state index contributed by atoms with van der Waals surface area (Å²) < 4.78 is 5.39. The Bertz CT molecular complexity index is 1050. The molecular formula is C23H22ClN3O5. The third kappa shape index (κ3) is 5.33. The van der Waals surface area contributed by atoms with E-state index in [0.717, 1.165) is 15.5 Å². The van der Waals surface area contributed by atoms with Gasteiger partial charge >= 0.3 is 0 Å². The zero-order chi connectivity index (χ0) is 23.3. The van der Waals surface area contributed by atoms with Gasteiger partial charge in [0.1, 0.15) is 11.8 Å². The van der Waals surface area contributed by atoms with E-state index < -0.39 is 36.3 Å². The van der Waals surface area contributed by atoms with E-state index in [1.165, 1.54) is 12.2 Å². The van der Waals surface area contributed by atoms with E-state index in [-0.39, 0.29) is 6.42 Å². The van der Waals surface area contributed by atoms with Crippen LogP contribution in [0.25, 0.3) is 0 Å². The number of imide groups is 1. The highest BCUT2D eigenvalue weighted by molar-refractivity contribution is 6.30. The van der Waals surface area contributed by atoms with Crippen molar-refractivity contribution in [2.24, 2.45) is 0 Å². The molecule has 2 aromatic carbocycles. The predicted molar refractivity (Wildman–Crippen MR) is 119 cm³/mol. The maximum Gasteiger partial charge on any atom is 0.276 e. The molecule has 1 unspecified atom stereocenters. The van der Waals surface area contributed by atoms with Crippen molar-refractivity contribution in [1.82, 2.24) is 10.4 Å². The van der Waals surface area contributed by atoms with E-state index in [9.17, 15) is 19.2 Å². The van der Waals surface area contributed by atoms with Gasteiger partial charge in [-0.05, 0) is 50.2 Å². The Kier molecular flexibility index (Phi) is 7.27. The Morgan fingerprint density at radius 3 is 2.44 bits per heavy atom. The van der Waals surface area contributed by atoms with Gasteiger partial charge in [0.05, 0.1) is 12.1 Å². The van der Waals surface area contributed by atoms with Gasteiger partial charge in [-0.15, -0.1) is 0 Å². The van der Waals surface area contributed by atoms with Gasteiger partial charge in [-0.25, -0.2) is 9.91 Å². The molecular weight excluding hydrogens is 434 g/mol. The summed E-state index contributed by atoms with van der Waals surface area (Å²) in [6.07, 6.45) is 2.42. The molecule has 0 bridgehead atoms. The number of benzene rings is 2. The summed E-state index contributed by atoms with van der Waals surface area (Å²) in [6, 6.07) is 12.1. The molecule has 4 amide bonds. The van der Waals surface area contributed by atoms with E-state index in [0.29, 0.717) is 16.5 Å². The van der Waals surface area contributed by atoms with Crippen molar-refractivity contribution in [3.05, 3.63) is 71.3 Å². The molecule has 166 valence electrons. The van der Waals surface area contributed by atoms with Crippen LogP contribution < -0.4 is 15.1 Å². The van der Waals surface area contributed by atoms with Gasteiger partial charge in [-0.1, -0.05) is 35.4 Å². The van der Waals surface area contributed by atoms with E-state index in [1.807, 2.05) is 6.92 Å². The molecule has 32 heavy (non-hydrogen) atoms. The van der Waals surface area contributed by atoms with Gasteiger partial charge < -0.3 is 4.74 Å². The van der Waals surface area contributed by atoms with Crippen molar-refractivity contribution >= 4 is 40.9 Å². The molecule has 8 nitrogen and oxygen atoms in total. The average molecular weight is 456 g/mol. The van der Waals surface area contributed by atoms with Gasteiger partial charge in [0.25, 0.3) is 17.7 Å². The van der Waals surface area contributed by atoms with Gasteiger partial charge in [0.2, 0.25) is 5.91 Å². The zero-order valence-electron chi connectivity index (χ0n) is 17.6. The van der Waals surface area contributed by atoms with Crippen LogP contribution >= 0.6 is 11.6 Å². The summed E-state index contributed by atoms with van der Waals surface area (Å²) in [5.74, 6) is -1.95. The van der Waals surface area contributed by atoms with Gasteiger partial charge in [-0.3, -0.25) is 24.6 Å². The average Bonchev–Trinajstić information content (AvgIpc) is 3.06. The lowest BCUT2D eigenvalue weighted by Crippen LogP contribution is -2.55. The number of aryl methyl sites for hydroxylation is 1. The highest BCUT2D eigenvalue weighted by Gasteiger charge is 2.44. The molecule has 0 saturated carbocycles. The van der Waals surface area contributed by atoms with Crippen LogP contribution in [0.4, 0.5) is 5.69 Å². The number of halogens is 1. The van der Waals surface area contributed by atoms with E-state index in [4.69, 9.17) is 16.3 Å². The summed E-state index contributed by atoms with van der Waals surface area (Å²) in [5, 5.41) is 1.40. The summed E-state index contributed by atoms with van der Waals surface area (Å²) in [6.45, 7) is 3.11. The largest absolute Gasteiger partial charge is 0.484 e. The van der Waals surface area contributed by atoms with E-state index in [2.05, 4.69) is 5.43 Å². The van der Waals surface area contributed by atoms with Crippen LogP contribution in [0.5, 0.6) is 5.75 Å². The normalized spacial score (nSPS) is 15.8. The summed E-state index contributed by atoms with van der Waals surface area (Å²) in [5.41, 5.74) is 3.78. The number of anilines is 1. The molecule has 0 aliphatic carbocycles.